The van der Waals surface area contributed by atoms with Gasteiger partial charge in [0, 0.05) is 18.1 Å². The molecule has 2 rings (SSSR count). The van der Waals surface area contributed by atoms with E-state index >= 15 is 0 Å². The molecule has 0 heterocycles. The van der Waals surface area contributed by atoms with Gasteiger partial charge >= 0.3 is 0 Å². The smallest absolute Gasteiger partial charge is 0.0499 e. The van der Waals surface area contributed by atoms with E-state index in [-0.39, 0.29) is 6.04 Å². The van der Waals surface area contributed by atoms with Crippen molar-refractivity contribution in [3.63, 3.8) is 0 Å². The van der Waals surface area contributed by atoms with Crippen LogP contribution in [0.25, 0.3) is 0 Å². The highest BCUT2D eigenvalue weighted by Crippen LogP contribution is 2.32. The standard InChI is InChI=1S/C17H28N2/c1-4-16(18)17(14-9-7-8-13(2)12-14)19(3)15-10-5-6-11-15/h7-9,12,15-17H,4-6,10-11,18H2,1-3H3. The van der Waals surface area contributed by atoms with Gasteiger partial charge in [-0.3, -0.25) is 4.90 Å². The number of benzene rings is 1. The van der Waals surface area contributed by atoms with E-state index < -0.39 is 0 Å². The van der Waals surface area contributed by atoms with Gasteiger partial charge in [0.25, 0.3) is 0 Å². The quantitative estimate of drug-likeness (QED) is 0.875. The maximum absolute atomic E-state index is 6.43. The zero-order chi connectivity index (χ0) is 13.8. The molecule has 106 valence electrons. The summed E-state index contributed by atoms with van der Waals surface area (Å²) in [6, 6.07) is 10.1. The van der Waals surface area contributed by atoms with Crippen LogP contribution < -0.4 is 5.73 Å². The van der Waals surface area contributed by atoms with E-state index in [1.807, 2.05) is 0 Å². The summed E-state index contributed by atoms with van der Waals surface area (Å²) in [6.45, 7) is 4.35. The first-order valence-electron chi connectivity index (χ1n) is 7.67. The third kappa shape index (κ3) is 3.37. The van der Waals surface area contributed by atoms with Crippen LogP contribution >= 0.6 is 0 Å². The van der Waals surface area contributed by atoms with Gasteiger partial charge in [0.15, 0.2) is 0 Å². The summed E-state index contributed by atoms with van der Waals surface area (Å²) in [5.41, 5.74) is 9.13. The maximum Gasteiger partial charge on any atom is 0.0499 e. The van der Waals surface area contributed by atoms with Crippen molar-refractivity contribution in [1.29, 1.82) is 0 Å². The van der Waals surface area contributed by atoms with Crippen molar-refractivity contribution in [1.82, 2.24) is 4.90 Å². The Balaban J connectivity index is 2.24. The molecular weight excluding hydrogens is 232 g/mol. The third-order valence-electron chi connectivity index (χ3n) is 4.60. The molecule has 0 aromatic heterocycles. The molecule has 1 aliphatic carbocycles. The lowest BCUT2D eigenvalue weighted by Crippen LogP contribution is -2.43. The van der Waals surface area contributed by atoms with Crippen molar-refractivity contribution in [3.8, 4) is 0 Å². The van der Waals surface area contributed by atoms with Crippen LogP contribution in [0.3, 0.4) is 0 Å². The minimum atomic E-state index is 0.215. The Hall–Kier alpha value is -0.860. The summed E-state index contributed by atoms with van der Waals surface area (Å²) in [5, 5.41) is 0. The molecule has 0 amide bonds. The van der Waals surface area contributed by atoms with Gasteiger partial charge in [-0.1, -0.05) is 49.6 Å². The Labute approximate surface area is 118 Å². The molecule has 0 spiro atoms. The van der Waals surface area contributed by atoms with Crippen LogP contribution in [0.1, 0.15) is 56.2 Å². The molecule has 19 heavy (non-hydrogen) atoms. The predicted octanol–water partition coefficient (Wildman–Crippen LogP) is 3.65. The van der Waals surface area contributed by atoms with Gasteiger partial charge in [0.05, 0.1) is 0 Å². The Kier molecular flexibility index (Phi) is 5.00. The zero-order valence-corrected chi connectivity index (χ0v) is 12.6. The molecular formula is C17H28N2. The summed E-state index contributed by atoms with van der Waals surface area (Å²) >= 11 is 0. The Morgan fingerprint density at radius 1 is 1.32 bits per heavy atom. The Morgan fingerprint density at radius 2 is 2.00 bits per heavy atom. The Morgan fingerprint density at radius 3 is 2.58 bits per heavy atom. The largest absolute Gasteiger partial charge is 0.326 e. The van der Waals surface area contributed by atoms with Crippen LogP contribution in [0.15, 0.2) is 24.3 Å². The fourth-order valence-electron chi connectivity index (χ4n) is 3.40. The van der Waals surface area contributed by atoms with Crippen LogP contribution in [0.4, 0.5) is 0 Å². The molecule has 0 bridgehead atoms. The monoisotopic (exact) mass is 260 g/mol. The summed E-state index contributed by atoms with van der Waals surface area (Å²) in [7, 11) is 2.26. The Bertz CT molecular complexity index is 396. The highest BCUT2D eigenvalue weighted by atomic mass is 15.2. The first-order valence-corrected chi connectivity index (χ1v) is 7.67. The number of rotatable bonds is 5. The lowest BCUT2D eigenvalue weighted by atomic mass is 9.94. The summed E-state index contributed by atoms with van der Waals surface area (Å²) in [5.74, 6) is 0. The van der Waals surface area contributed by atoms with Gasteiger partial charge in [-0.15, -0.1) is 0 Å². The third-order valence-corrected chi connectivity index (χ3v) is 4.60. The number of nitrogens with zero attached hydrogens (tertiary/aromatic N) is 1. The van der Waals surface area contributed by atoms with E-state index in [2.05, 4.69) is 50.1 Å². The average molecular weight is 260 g/mol. The van der Waals surface area contributed by atoms with E-state index in [0.717, 1.165) is 6.42 Å². The number of hydrogen-bond donors (Lipinski definition) is 1. The number of hydrogen-bond acceptors (Lipinski definition) is 2. The molecule has 2 heteroatoms. The van der Waals surface area contributed by atoms with Crippen molar-refractivity contribution in [2.75, 3.05) is 7.05 Å². The fourth-order valence-corrected chi connectivity index (χ4v) is 3.40. The van der Waals surface area contributed by atoms with Crippen LogP contribution in [0, 0.1) is 6.92 Å². The molecule has 0 radical (unpaired) electrons. The second kappa shape index (κ2) is 6.53. The van der Waals surface area contributed by atoms with E-state index in [1.165, 1.54) is 36.8 Å². The van der Waals surface area contributed by atoms with Crippen LogP contribution in [0.2, 0.25) is 0 Å². The zero-order valence-electron chi connectivity index (χ0n) is 12.6. The van der Waals surface area contributed by atoms with Gasteiger partial charge in [0.1, 0.15) is 0 Å². The van der Waals surface area contributed by atoms with Crippen molar-refractivity contribution in [2.45, 2.75) is 64.1 Å². The van der Waals surface area contributed by atoms with Gasteiger partial charge < -0.3 is 5.73 Å². The first kappa shape index (κ1) is 14.5. The lowest BCUT2D eigenvalue weighted by Gasteiger charge is -2.37. The van der Waals surface area contributed by atoms with Crippen molar-refractivity contribution in [2.24, 2.45) is 5.73 Å². The molecule has 1 fully saturated rings. The van der Waals surface area contributed by atoms with E-state index in [4.69, 9.17) is 5.73 Å². The maximum atomic E-state index is 6.43. The van der Waals surface area contributed by atoms with Gasteiger partial charge in [-0.05, 0) is 38.8 Å². The molecule has 0 saturated heterocycles. The summed E-state index contributed by atoms with van der Waals surface area (Å²) < 4.78 is 0. The molecule has 2 N–H and O–H groups in total. The highest BCUT2D eigenvalue weighted by Gasteiger charge is 2.29. The van der Waals surface area contributed by atoms with Crippen LogP contribution in [0.5, 0.6) is 0 Å². The molecule has 1 aromatic carbocycles. The van der Waals surface area contributed by atoms with E-state index in [1.54, 1.807) is 0 Å². The predicted molar refractivity (Wildman–Crippen MR) is 82.2 cm³/mol. The second-order valence-corrected chi connectivity index (χ2v) is 6.03. The lowest BCUT2D eigenvalue weighted by molar-refractivity contribution is 0.150. The topological polar surface area (TPSA) is 29.3 Å². The van der Waals surface area contributed by atoms with E-state index in [9.17, 15) is 0 Å². The molecule has 0 aliphatic heterocycles. The molecule has 1 aliphatic rings. The van der Waals surface area contributed by atoms with Gasteiger partial charge in [-0.25, -0.2) is 0 Å². The van der Waals surface area contributed by atoms with Crippen molar-refractivity contribution < 1.29 is 0 Å². The minimum absolute atomic E-state index is 0.215. The summed E-state index contributed by atoms with van der Waals surface area (Å²) in [4.78, 5) is 2.54. The normalized spacial score (nSPS) is 19.8. The van der Waals surface area contributed by atoms with Crippen LogP contribution in [-0.2, 0) is 0 Å². The van der Waals surface area contributed by atoms with Crippen LogP contribution in [-0.4, -0.2) is 24.0 Å². The first-order chi connectivity index (χ1) is 9.13. The second-order valence-electron chi connectivity index (χ2n) is 6.03. The molecule has 2 nitrogen and oxygen atoms in total. The fraction of sp³-hybridized carbons (Fsp3) is 0.647. The molecule has 2 unspecified atom stereocenters. The number of likely N-dealkylation sites (N-methyl/N-ethyl adjacent to an activating group) is 1. The average Bonchev–Trinajstić information content (AvgIpc) is 2.92. The van der Waals surface area contributed by atoms with Gasteiger partial charge in [0.2, 0.25) is 0 Å². The SMILES string of the molecule is CCC(N)C(c1cccc(C)c1)N(C)C1CCCC1. The van der Waals surface area contributed by atoms with Gasteiger partial charge in [-0.2, -0.15) is 0 Å². The van der Waals surface area contributed by atoms with Crippen molar-refractivity contribution >= 4 is 0 Å². The summed E-state index contributed by atoms with van der Waals surface area (Å²) in [6.07, 6.45) is 6.42. The molecule has 1 saturated carbocycles. The van der Waals surface area contributed by atoms with Crippen molar-refractivity contribution in [3.05, 3.63) is 35.4 Å². The number of nitrogens with two attached hydrogens (primary N) is 1. The molecule has 1 aromatic rings. The van der Waals surface area contributed by atoms with E-state index in [0.29, 0.717) is 12.1 Å². The number of aryl methyl sites for hydroxylation is 1. The highest BCUT2D eigenvalue weighted by molar-refractivity contribution is 5.26. The molecule has 2 atom stereocenters. The minimum Gasteiger partial charge on any atom is -0.326 e.